The van der Waals surface area contributed by atoms with Gasteiger partial charge in [0.25, 0.3) is 0 Å². The Bertz CT molecular complexity index is 230. The molecule has 0 bridgehead atoms. The molecular weight excluding hydrogens is 190 g/mol. The predicted molar refractivity (Wildman–Crippen MR) is 58.8 cm³/mol. The topological polar surface area (TPSA) is 40.5 Å². The summed E-state index contributed by atoms with van der Waals surface area (Å²) in [5.74, 6) is 0.133. The molecule has 2 aliphatic carbocycles. The van der Waals surface area contributed by atoms with Crippen molar-refractivity contribution >= 4 is 5.97 Å². The van der Waals surface area contributed by atoms with Crippen LogP contribution in [0.25, 0.3) is 0 Å². The van der Waals surface area contributed by atoms with E-state index in [1.807, 2.05) is 0 Å². The zero-order chi connectivity index (χ0) is 10.8. The summed E-state index contributed by atoms with van der Waals surface area (Å²) in [6.45, 7) is 2.51. The number of rotatable bonds is 4. The second-order valence-electron chi connectivity index (χ2n) is 5.23. The highest BCUT2D eigenvalue weighted by atomic mass is 16.4. The van der Waals surface area contributed by atoms with Gasteiger partial charge < -0.3 is 5.11 Å². The summed E-state index contributed by atoms with van der Waals surface area (Å²) < 4.78 is 0. The molecular formula is C12H21NO2. The fraction of sp³-hybridized carbons (Fsp3) is 0.917. The van der Waals surface area contributed by atoms with Gasteiger partial charge in [0, 0.05) is 12.1 Å². The van der Waals surface area contributed by atoms with Crippen molar-refractivity contribution in [2.24, 2.45) is 5.92 Å². The molecule has 0 amide bonds. The van der Waals surface area contributed by atoms with Crippen LogP contribution in [-0.4, -0.2) is 34.6 Å². The van der Waals surface area contributed by atoms with E-state index in [9.17, 15) is 4.79 Å². The van der Waals surface area contributed by atoms with E-state index in [1.54, 1.807) is 0 Å². The summed E-state index contributed by atoms with van der Waals surface area (Å²) in [7, 11) is 0. The number of carbonyl (C=O) groups is 1. The molecule has 2 aliphatic rings. The van der Waals surface area contributed by atoms with Crippen LogP contribution in [-0.2, 0) is 4.79 Å². The Labute approximate surface area is 91.5 Å². The maximum absolute atomic E-state index is 10.9. The molecule has 0 aromatic heterocycles. The van der Waals surface area contributed by atoms with Crippen molar-refractivity contribution < 1.29 is 9.90 Å². The smallest absolute Gasteiger partial charge is 0.317 e. The fourth-order valence-corrected chi connectivity index (χ4v) is 3.08. The van der Waals surface area contributed by atoms with Gasteiger partial charge in [-0.2, -0.15) is 0 Å². The normalized spacial score (nSPS) is 31.9. The number of nitrogens with zero attached hydrogens (tertiary/aromatic N) is 1. The first-order valence-electron chi connectivity index (χ1n) is 6.14. The number of carboxylic acid groups (broad SMARTS) is 1. The maximum Gasteiger partial charge on any atom is 0.317 e. The molecule has 3 heteroatoms. The highest BCUT2D eigenvalue weighted by Gasteiger charge is 2.36. The van der Waals surface area contributed by atoms with Crippen molar-refractivity contribution in [3.05, 3.63) is 0 Å². The summed E-state index contributed by atoms with van der Waals surface area (Å²) in [6, 6.07) is 1.11. The van der Waals surface area contributed by atoms with E-state index >= 15 is 0 Å². The van der Waals surface area contributed by atoms with Gasteiger partial charge in [-0.05, 0) is 31.6 Å². The van der Waals surface area contributed by atoms with Crippen molar-refractivity contribution in [3.8, 4) is 0 Å². The first-order valence-corrected chi connectivity index (χ1v) is 6.14. The molecule has 0 heterocycles. The van der Waals surface area contributed by atoms with E-state index in [0.29, 0.717) is 12.1 Å². The van der Waals surface area contributed by atoms with Gasteiger partial charge in [0.1, 0.15) is 0 Å². The quantitative estimate of drug-likeness (QED) is 0.774. The van der Waals surface area contributed by atoms with Gasteiger partial charge >= 0.3 is 5.97 Å². The average Bonchev–Trinajstić information content (AvgIpc) is 2.61. The predicted octanol–water partition coefficient (Wildman–Crippen LogP) is 2.11. The van der Waals surface area contributed by atoms with Crippen molar-refractivity contribution in [1.29, 1.82) is 0 Å². The molecule has 3 nitrogen and oxygen atoms in total. The Morgan fingerprint density at radius 1 is 1.27 bits per heavy atom. The van der Waals surface area contributed by atoms with E-state index in [0.717, 1.165) is 5.92 Å². The van der Waals surface area contributed by atoms with Crippen LogP contribution in [0.2, 0.25) is 0 Å². The van der Waals surface area contributed by atoms with E-state index in [1.165, 1.54) is 38.5 Å². The summed E-state index contributed by atoms with van der Waals surface area (Å²) in [5, 5.41) is 8.94. The Hall–Kier alpha value is -0.570. The van der Waals surface area contributed by atoms with Crippen molar-refractivity contribution in [3.63, 3.8) is 0 Å². The van der Waals surface area contributed by atoms with Crippen LogP contribution in [0.4, 0.5) is 0 Å². The monoisotopic (exact) mass is 211 g/mol. The molecule has 0 radical (unpaired) electrons. The molecule has 0 atom stereocenters. The second-order valence-corrected chi connectivity index (χ2v) is 5.23. The van der Waals surface area contributed by atoms with Gasteiger partial charge in [-0.15, -0.1) is 0 Å². The molecule has 0 aromatic rings. The molecule has 2 fully saturated rings. The number of aliphatic carboxylic acids is 1. The molecule has 0 aromatic carbocycles. The summed E-state index contributed by atoms with van der Waals surface area (Å²) in [6.07, 6.45) is 7.37. The fourth-order valence-electron chi connectivity index (χ4n) is 3.08. The molecule has 2 rings (SSSR count). The van der Waals surface area contributed by atoms with Gasteiger partial charge in [-0.25, -0.2) is 0 Å². The first-order chi connectivity index (χ1) is 7.16. The molecule has 0 saturated heterocycles. The zero-order valence-electron chi connectivity index (χ0n) is 9.48. The van der Waals surface area contributed by atoms with E-state index < -0.39 is 5.97 Å². The number of hydrogen-bond donors (Lipinski definition) is 1. The van der Waals surface area contributed by atoms with Gasteiger partial charge in [0.2, 0.25) is 0 Å². The number of carboxylic acids is 1. The summed E-state index contributed by atoms with van der Waals surface area (Å²) in [5.41, 5.74) is 0. The van der Waals surface area contributed by atoms with Crippen LogP contribution in [0, 0.1) is 5.92 Å². The lowest BCUT2D eigenvalue weighted by molar-refractivity contribution is -0.140. The third-order valence-electron chi connectivity index (χ3n) is 3.93. The SMILES string of the molecule is CC1CC(N(CC(=O)O)C2CCCC2)C1. The van der Waals surface area contributed by atoms with Gasteiger partial charge in [0.05, 0.1) is 6.54 Å². The van der Waals surface area contributed by atoms with Crippen LogP contribution in [0.1, 0.15) is 45.4 Å². The van der Waals surface area contributed by atoms with Crippen LogP contribution in [0.5, 0.6) is 0 Å². The minimum Gasteiger partial charge on any atom is -0.480 e. The average molecular weight is 211 g/mol. The molecule has 0 spiro atoms. The third kappa shape index (κ3) is 2.51. The van der Waals surface area contributed by atoms with Crippen molar-refractivity contribution in [1.82, 2.24) is 4.90 Å². The van der Waals surface area contributed by atoms with Gasteiger partial charge in [-0.1, -0.05) is 19.8 Å². The summed E-state index contributed by atoms with van der Waals surface area (Å²) in [4.78, 5) is 13.1. The van der Waals surface area contributed by atoms with Crippen LogP contribution < -0.4 is 0 Å². The highest BCUT2D eigenvalue weighted by molar-refractivity contribution is 5.69. The Morgan fingerprint density at radius 2 is 1.87 bits per heavy atom. The Balaban J connectivity index is 1.92. The molecule has 0 aliphatic heterocycles. The lowest BCUT2D eigenvalue weighted by Crippen LogP contribution is -2.50. The lowest BCUT2D eigenvalue weighted by atomic mass is 9.80. The standard InChI is InChI=1S/C12H21NO2/c1-9-6-11(7-9)13(8-12(14)15)10-4-2-3-5-10/h9-11H,2-8H2,1H3,(H,14,15). The van der Waals surface area contributed by atoms with Crippen molar-refractivity contribution in [2.75, 3.05) is 6.54 Å². The van der Waals surface area contributed by atoms with Crippen LogP contribution in [0.15, 0.2) is 0 Å². The van der Waals surface area contributed by atoms with Crippen LogP contribution >= 0.6 is 0 Å². The second kappa shape index (κ2) is 4.52. The highest BCUT2D eigenvalue weighted by Crippen LogP contribution is 2.35. The van der Waals surface area contributed by atoms with Crippen LogP contribution in [0.3, 0.4) is 0 Å². The largest absolute Gasteiger partial charge is 0.480 e. The minimum absolute atomic E-state index is 0.252. The van der Waals surface area contributed by atoms with E-state index in [-0.39, 0.29) is 6.54 Å². The molecule has 15 heavy (non-hydrogen) atoms. The molecule has 86 valence electrons. The Morgan fingerprint density at radius 3 is 2.33 bits per heavy atom. The zero-order valence-corrected chi connectivity index (χ0v) is 9.48. The molecule has 0 unspecified atom stereocenters. The maximum atomic E-state index is 10.9. The lowest BCUT2D eigenvalue weighted by Gasteiger charge is -2.44. The van der Waals surface area contributed by atoms with Crippen molar-refractivity contribution in [2.45, 2.75) is 57.5 Å². The van der Waals surface area contributed by atoms with Gasteiger partial charge in [-0.3, -0.25) is 9.69 Å². The molecule has 1 N–H and O–H groups in total. The first kappa shape index (κ1) is 10.9. The number of hydrogen-bond acceptors (Lipinski definition) is 2. The van der Waals surface area contributed by atoms with E-state index in [2.05, 4.69) is 11.8 Å². The third-order valence-corrected chi connectivity index (χ3v) is 3.93. The van der Waals surface area contributed by atoms with Gasteiger partial charge in [0.15, 0.2) is 0 Å². The van der Waals surface area contributed by atoms with E-state index in [4.69, 9.17) is 5.11 Å². The summed E-state index contributed by atoms with van der Waals surface area (Å²) >= 11 is 0. The minimum atomic E-state index is -0.665. The Kier molecular flexibility index (Phi) is 3.29. The molecule has 2 saturated carbocycles.